The summed E-state index contributed by atoms with van der Waals surface area (Å²) in [6.07, 6.45) is 0. The molecule has 1 atom stereocenters. The molecule has 2 aromatic carbocycles. The molecule has 2 aromatic rings. The van der Waals surface area contributed by atoms with Crippen LogP contribution in [0, 0.1) is 0 Å². The third-order valence-electron chi connectivity index (χ3n) is 4.43. The zero-order chi connectivity index (χ0) is 18.0. The van der Waals surface area contributed by atoms with Crippen LogP contribution in [0.15, 0.2) is 59.5 Å². The SMILES string of the molecule is CN1CCN(S(=O)(=O)c2ccc(C(=O)O)cc2)C(c2ccccc2)C1. The lowest BCUT2D eigenvalue weighted by atomic mass is 10.1. The van der Waals surface area contributed by atoms with Gasteiger partial charge < -0.3 is 10.0 Å². The number of sulfonamides is 1. The number of carboxylic acid groups (broad SMARTS) is 1. The second-order valence-corrected chi connectivity index (χ2v) is 8.02. The number of carboxylic acids is 1. The Labute approximate surface area is 147 Å². The van der Waals surface area contributed by atoms with Crippen LogP contribution in [0.5, 0.6) is 0 Å². The molecule has 1 unspecified atom stereocenters. The van der Waals surface area contributed by atoms with E-state index >= 15 is 0 Å². The van der Waals surface area contributed by atoms with Crippen molar-refractivity contribution >= 4 is 16.0 Å². The van der Waals surface area contributed by atoms with Crippen molar-refractivity contribution in [3.05, 3.63) is 65.7 Å². The molecule has 0 spiro atoms. The van der Waals surface area contributed by atoms with Gasteiger partial charge in [0, 0.05) is 19.6 Å². The predicted octanol–water partition coefficient (Wildman–Crippen LogP) is 2.06. The van der Waals surface area contributed by atoms with E-state index in [0.717, 1.165) is 5.56 Å². The summed E-state index contributed by atoms with van der Waals surface area (Å²) >= 11 is 0. The number of nitrogens with zero attached hydrogens (tertiary/aromatic N) is 2. The van der Waals surface area contributed by atoms with Crippen LogP contribution < -0.4 is 0 Å². The summed E-state index contributed by atoms with van der Waals surface area (Å²) in [5, 5.41) is 8.98. The molecule has 1 aliphatic heterocycles. The molecule has 1 heterocycles. The summed E-state index contributed by atoms with van der Waals surface area (Å²) in [5.41, 5.74) is 1.01. The fraction of sp³-hybridized carbons (Fsp3) is 0.278. The number of carbonyl (C=O) groups is 1. The molecule has 1 fully saturated rings. The van der Waals surface area contributed by atoms with Gasteiger partial charge in [-0.1, -0.05) is 30.3 Å². The van der Waals surface area contributed by atoms with Crippen LogP contribution in [0.25, 0.3) is 0 Å². The number of hydrogen-bond acceptors (Lipinski definition) is 4. The van der Waals surface area contributed by atoms with Gasteiger partial charge in [0.25, 0.3) is 0 Å². The monoisotopic (exact) mass is 360 g/mol. The maximum atomic E-state index is 13.1. The molecule has 7 heteroatoms. The smallest absolute Gasteiger partial charge is 0.335 e. The standard InChI is InChI=1S/C18H20N2O4S/c1-19-11-12-20(17(13-19)14-5-3-2-4-6-14)25(23,24)16-9-7-15(8-10-16)18(21)22/h2-10,17H,11-13H2,1H3,(H,21,22). The quantitative estimate of drug-likeness (QED) is 0.903. The van der Waals surface area contributed by atoms with Crippen LogP contribution in [0.4, 0.5) is 0 Å². The van der Waals surface area contributed by atoms with Gasteiger partial charge in [0.1, 0.15) is 0 Å². The van der Waals surface area contributed by atoms with Gasteiger partial charge in [0.2, 0.25) is 10.0 Å². The molecule has 0 saturated carbocycles. The van der Waals surface area contributed by atoms with E-state index in [4.69, 9.17) is 5.11 Å². The first-order chi connectivity index (χ1) is 11.9. The Bertz CT molecular complexity index is 850. The van der Waals surface area contributed by atoms with Crippen molar-refractivity contribution in [2.75, 3.05) is 26.7 Å². The van der Waals surface area contributed by atoms with Crippen molar-refractivity contribution in [2.24, 2.45) is 0 Å². The van der Waals surface area contributed by atoms with E-state index in [1.807, 2.05) is 37.4 Å². The van der Waals surface area contributed by atoms with Gasteiger partial charge in [-0.05, 0) is 36.9 Å². The number of aromatic carboxylic acids is 1. The average Bonchev–Trinajstić information content (AvgIpc) is 2.62. The predicted molar refractivity (Wildman–Crippen MR) is 94.0 cm³/mol. The second-order valence-electron chi connectivity index (χ2n) is 6.13. The molecular weight excluding hydrogens is 340 g/mol. The Hall–Kier alpha value is -2.22. The van der Waals surface area contributed by atoms with Crippen molar-refractivity contribution in [1.29, 1.82) is 0 Å². The molecule has 0 bridgehead atoms. The number of benzene rings is 2. The van der Waals surface area contributed by atoms with Crippen molar-refractivity contribution in [2.45, 2.75) is 10.9 Å². The third kappa shape index (κ3) is 3.58. The van der Waals surface area contributed by atoms with Gasteiger partial charge in [-0.25, -0.2) is 13.2 Å². The molecule has 25 heavy (non-hydrogen) atoms. The van der Waals surface area contributed by atoms with Crippen molar-refractivity contribution in [3.8, 4) is 0 Å². The van der Waals surface area contributed by atoms with Crippen LogP contribution in [0.1, 0.15) is 22.0 Å². The summed E-state index contributed by atoms with van der Waals surface area (Å²) < 4.78 is 27.7. The molecule has 0 amide bonds. The van der Waals surface area contributed by atoms with Crippen LogP contribution in [0.3, 0.4) is 0 Å². The van der Waals surface area contributed by atoms with Gasteiger partial charge in [0.15, 0.2) is 0 Å². The van der Waals surface area contributed by atoms with Crippen LogP contribution in [0.2, 0.25) is 0 Å². The summed E-state index contributed by atoms with van der Waals surface area (Å²) in [5.74, 6) is -1.08. The largest absolute Gasteiger partial charge is 0.478 e. The zero-order valence-corrected chi connectivity index (χ0v) is 14.7. The Morgan fingerprint density at radius 2 is 1.68 bits per heavy atom. The maximum absolute atomic E-state index is 13.1. The highest BCUT2D eigenvalue weighted by molar-refractivity contribution is 7.89. The van der Waals surface area contributed by atoms with Crippen LogP contribution in [-0.4, -0.2) is 55.4 Å². The Morgan fingerprint density at radius 1 is 1.04 bits per heavy atom. The molecule has 3 rings (SSSR count). The van der Waals surface area contributed by atoms with E-state index in [1.165, 1.54) is 28.6 Å². The lowest BCUT2D eigenvalue weighted by molar-refractivity contribution is 0.0696. The van der Waals surface area contributed by atoms with Gasteiger partial charge in [0.05, 0.1) is 16.5 Å². The Balaban J connectivity index is 1.97. The molecule has 0 aliphatic carbocycles. The fourth-order valence-corrected chi connectivity index (χ4v) is 4.64. The van der Waals surface area contributed by atoms with Gasteiger partial charge in [-0.3, -0.25) is 0 Å². The fourth-order valence-electron chi connectivity index (χ4n) is 3.04. The highest BCUT2D eigenvalue weighted by atomic mass is 32.2. The topological polar surface area (TPSA) is 77.9 Å². The lowest BCUT2D eigenvalue weighted by Crippen LogP contribution is -2.49. The molecule has 132 valence electrons. The second kappa shape index (κ2) is 6.95. The third-order valence-corrected chi connectivity index (χ3v) is 6.35. The molecule has 1 saturated heterocycles. The van der Waals surface area contributed by atoms with Crippen LogP contribution >= 0.6 is 0 Å². The highest BCUT2D eigenvalue weighted by Crippen LogP contribution is 2.30. The van der Waals surface area contributed by atoms with E-state index in [1.54, 1.807) is 0 Å². The van der Waals surface area contributed by atoms with E-state index < -0.39 is 16.0 Å². The summed E-state index contributed by atoms with van der Waals surface area (Å²) in [7, 11) is -1.74. The van der Waals surface area contributed by atoms with E-state index in [2.05, 4.69) is 4.90 Å². The first-order valence-corrected chi connectivity index (χ1v) is 9.42. The summed E-state index contributed by atoms with van der Waals surface area (Å²) in [4.78, 5) is 13.2. The molecule has 1 N–H and O–H groups in total. The zero-order valence-electron chi connectivity index (χ0n) is 13.9. The van der Waals surface area contributed by atoms with Gasteiger partial charge >= 0.3 is 5.97 Å². The number of piperazine rings is 1. The minimum absolute atomic E-state index is 0.0666. The summed E-state index contributed by atoms with van der Waals surface area (Å²) in [6, 6.07) is 14.7. The number of hydrogen-bond donors (Lipinski definition) is 1. The Kier molecular flexibility index (Phi) is 4.89. The van der Waals surface area contributed by atoms with Crippen molar-refractivity contribution < 1.29 is 18.3 Å². The number of rotatable bonds is 4. The molecule has 0 radical (unpaired) electrons. The van der Waals surface area contributed by atoms with Gasteiger partial charge in [-0.2, -0.15) is 4.31 Å². The first-order valence-electron chi connectivity index (χ1n) is 7.98. The Morgan fingerprint density at radius 3 is 2.28 bits per heavy atom. The normalized spacial score (nSPS) is 19.6. The maximum Gasteiger partial charge on any atom is 0.335 e. The average molecular weight is 360 g/mol. The number of likely N-dealkylation sites (N-methyl/N-ethyl adjacent to an activating group) is 1. The summed E-state index contributed by atoms with van der Waals surface area (Å²) in [6.45, 7) is 1.64. The van der Waals surface area contributed by atoms with E-state index in [0.29, 0.717) is 19.6 Å². The van der Waals surface area contributed by atoms with E-state index in [-0.39, 0.29) is 16.5 Å². The molecule has 0 aromatic heterocycles. The molecular formula is C18H20N2O4S. The van der Waals surface area contributed by atoms with Crippen molar-refractivity contribution in [3.63, 3.8) is 0 Å². The van der Waals surface area contributed by atoms with Crippen LogP contribution in [-0.2, 0) is 10.0 Å². The molecule has 1 aliphatic rings. The highest BCUT2D eigenvalue weighted by Gasteiger charge is 2.36. The lowest BCUT2D eigenvalue weighted by Gasteiger charge is -2.39. The van der Waals surface area contributed by atoms with Crippen molar-refractivity contribution in [1.82, 2.24) is 9.21 Å². The van der Waals surface area contributed by atoms with E-state index in [9.17, 15) is 13.2 Å². The van der Waals surface area contributed by atoms with Gasteiger partial charge in [-0.15, -0.1) is 0 Å². The minimum Gasteiger partial charge on any atom is -0.478 e. The minimum atomic E-state index is -3.71. The molecule has 6 nitrogen and oxygen atoms in total. The first kappa shape index (κ1) is 17.6.